The van der Waals surface area contributed by atoms with Crippen molar-refractivity contribution >= 4 is 74.4 Å². The van der Waals surface area contributed by atoms with Gasteiger partial charge in [-0.1, -0.05) is 41.0 Å². The average Bonchev–Trinajstić information content (AvgIpc) is 2.85. The summed E-state index contributed by atoms with van der Waals surface area (Å²) in [6.45, 7) is 4.02. The van der Waals surface area contributed by atoms with Gasteiger partial charge in [0.25, 0.3) is 0 Å². The lowest BCUT2D eigenvalue weighted by Crippen LogP contribution is -2.44. The summed E-state index contributed by atoms with van der Waals surface area (Å²) >= 11 is 17.1. The summed E-state index contributed by atoms with van der Waals surface area (Å²) in [6.07, 6.45) is 0. The Morgan fingerprint density at radius 1 is 1.24 bits per heavy atom. The van der Waals surface area contributed by atoms with Crippen molar-refractivity contribution in [3.05, 3.63) is 66.6 Å². The van der Waals surface area contributed by atoms with Gasteiger partial charge < -0.3 is 20.1 Å². The number of carbonyl (C=O) groups is 3. The van der Waals surface area contributed by atoms with Gasteiger partial charge in [0.15, 0.2) is 5.75 Å². The third-order valence-corrected chi connectivity index (χ3v) is 7.63. The number of anilines is 1. The number of allylic oxidation sites excluding steroid dienone is 1. The number of hydrogen-bond donors (Lipinski definition) is 2. The molecule has 0 bridgehead atoms. The van der Waals surface area contributed by atoms with E-state index in [4.69, 9.17) is 32.7 Å². The van der Waals surface area contributed by atoms with Crippen molar-refractivity contribution in [1.29, 1.82) is 5.26 Å². The molecule has 0 spiro atoms. The summed E-state index contributed by atoms with van der Waals surface area (Å²) < 4.78 is 11.0. The smallest absolute Gasteiger partial charge is 0.319 e. The average molecular weight is 627 g/mol. The number of benzene rings is 2. The molecule has 1 aliphatic heterocycles. The van der Waals surface area contributed by atoms with Crippen LogP contribution in [0.5, 0.6) is 5.75 Å². The molecule has 0 aromatic heterocycles. The number of esters is 1. The van der Waals surface area contributed by atoms with Crippen LogP contribution in [0.15, 0.2) is 45.4 Å². The highest BCUT2D eigenvalue weighted by Gasteiger charge is 2.44. The van der Waals surface area contributed by atoms with Crippen molar-refractivity contribution in [2.75, 3.05) is 24.8 Å². The minimum absolute atomic E-state index is 0.0700. The molecule has 12 heteroatoms. The third-order valence-electron chi connectivity index (χ3n) is 5.40. The van der Waals surface area contributed by atoms with Crippen molar-refractivity contribution in [3.8, 4) is 11.8 Å². The summed E-state index contributed by atoms with van der Waals surface area (Å²) in [5.41, 5.74) is 2.03. The second-order valence-electron chi connectivity index (χ2n) is 7.89. The molecule has 2 N–H and O–H groups in total. The maximum absolute atomic E-state index is 13.0. The van der Waals surface area contributed by atoms with Gasteiger partial charge in [-0.3, -0.25) is 14.4 Å². The number of rotatable bonds is 8. The highest BCUT2D eigenvalue weighted by atomic mass is 79.9. The molecule has 0 aliphatic carbocycles. The van der Waals surface area contributed by atoms with Crippen LogP contribution in [0, 0.1) is 24.2 Å². The third kappa shape index (κ3) is 6.60. The van der Waals surface area contributed by atoms with E-state index in [1.54, 1.807) is 13.0 Å². The quantitative estimate of drug-likeness (QED) is 0.290. The lowest BCUT2D eigenvalue weighted by Gasteiger charge is -2.31. The molecule has 1 aliphatic rings. The number of aryl methyl sites for hydroxylation is 1. The number of ether oxygens (including phenoxy) is 2. The van der Waals surface area contributed by atoms with E-state index in [-0.39, 0.29) is 38.1 Å². The summed E-state index contributed by atoms with van der Waals surface area (Å²) in [7, 11) is 1.15. The molecule has 0 fully saturated rings. The van der Waals surface area contributed by atoms with Gasteiger partial charge in [-0.05, 0) is 65.2 Å². The van der Waals surface area contributed by atoms with E-state index >= 15 is 0 Å². The van der Waals surface area contributed by atoms with Crippen LogP contribution in [0.2, 0.25) is 10.0 Å². The van der Waals surface area contributed by atoms with Crippen molar-refractivity contribution in [3.63, 3.8) is 0 Å². The van der Waals surface area contributed by atoms with Gasteiger partial charge in [0.1, 0.15) is 5.92 Å². The van der Waals surface area contributed by atoms with Crippen molar-refractivity contribution in [2.45, 2.75) is 19.8 Å². The molecule has 8 nitrogen and oxygen atoms in total. The van der Waals surface area contributed by atoms with E-state index in [0.717, 1.165) is 28.9 Å². The van der Waals surface area contributed by atoms with Crippen LogP contribution in [0.4, 0.5) is 5.69 Å². The van der Waals surface area contributed by atoms with Crippen molar-refractivity contribution < 1.29 is 23.9 Å². The summed E-state index contributed by atoms with van der Waals surface area (Å²) in [6, 6.07) is 10.6. The predicted molar refractivity (Wildman–Crippen MR) is 147 cm³/mol. The fourth-order valence-corrected chi connectivity index (χ4v) is 5.82. The van der Waals surface area contributed by atoms with Crippen LogP contribution < -0.4 is 15.4 Å². The Bertz CT molecular complexity index is 1300. The van der Waals surface area contributed by atoms with Crippen LogP contribution in [0.3, 0.4) is 0 Å². The summed E-state index contributed by atoms with van der Waals surface area (Å²) in [5.74, 6) is -4.14. The van der Waals surface area contributed by atoms with Crippen LogP contribution >= 0.6 is 50.9 Å². The second-order valence-corrected chi connectivity index (χ2v) is 10.5. The number of thioether (sulfide) groups is 1. The molecular formula is C25H22BrCl2N3O5S. The zero-order valence-corrected chi connectivity index (χ0v) is 23.9. The zero-order chi connectivity index (χ0) is 27.3. The summed E-state index contributed by atoms with van der Waals surface area (Å²) in [5, 5.41) is 15.9. The van der Waals surface area contributed by atoms with Crippen molar-refractivity contribution in [2.24, 2.45) is 5.92 Å². The first-order valence-corrected chi connectivity index (χ1v) is 13.5. The molecule has 0 saturated heterocycles. The van der Waals surface area contributed by atoms with Crippen LogP contribution in [0.25, 0.3) is 0 Å². The number of methoxy groups -OCH3 is 1. The molecule has 2 aromatic carbocycles. The maximum Gasteiger partial charge on any atom is 0.319 e. The standard InChI is InChI=1S/C25H22BrCl2N3O5S/c1-4-36-22-16(27)8-13(9-17(22)28)20-14(10-29)24(31-23(33)21(20)25(34)35-3)37-11-19(32)30-18-6-5-12(2)7-15(18)26/h5-9,20-21H,4,11H2,1-3H3,(H,30,32)(H,31,33)/t20-,21+/m0/s1. The number of halogens is 3. The molecule has 0 unspecified atom stereocenters. The van der Waals surface area contributed by atoms with Gasteiger partial charge >= 0.3 is 5.97 Å². The largest absolute Gasteiger partial charge is 0.491 e. The van der Waals surface area contributed by atoms with Gasteiger partial charge in [-0.25, -0.2) is 0 Å². The molecule has 1 heterocycles. The van der Waals surface area contributed by atoms with E-state index in [1.807, 2.05) is 19.1 Å². The number of nitriles is 1. The van der Waals surface area contributed by atoms with Gasteiger partial charge in [-0.2, -0.15) is 5.26 Å². The van der Waals surface area contributed by atoms with E-state index in [2.05, 4.69) is 32.6 Å². The first-order valence-electron chi connectivity index (χ1n) is 10.9. The lowest BCUT2D eigenvalue weighted by molar-refractivity contribution is -0.150. The molecule has 3 rings (SSSR count). The van der Waals surface area contributed by atoms with Crippen molar-refractivity contribution in [1.82, 2.24) is 5.32 Å². The molecule has 37 heavy (non-hydrogen) atoms. The number of nitrogens with one attached hydrogen (secondary N) is 2. The Morgan fingerprint density at radius 2 is 1.92 bits per heavy atom. The van der Waals surface area contributed by atoms with E-state index < -0.39 is 23.7 Å². The van der Waals surface area contributed by atoms with Crippen LogP contribution in [0.1, 0.15) is 24.0 Å². The first kappa shape index (κ1) is 28.9. The van der Waals surface area contributed by atoms with Gasteiger partial charge in [-0.15, -0.1) is 0 Å². The van der Waals surface area contributed by atoms with Gasteiger partial charge in [0, 0.05) is 10.4 Å². The predicted octanol–water partition coefficient (Wildman–Crippen LogP) is 5.57. The van der Waals surface area contributed by atoms with Crippen LogP contribution in [-0.2, 0) is 19.1 Å². The Hall–Kier alpha value is -2.71. The van der Waals surface area contributed by atoms with E-state index in [9.17, 15) is 19.6 Å². The number of hydrogen-bond acceptors (Lipinski definition) is 7. The van der Waals surface area contributed by atoms with Gasteiger partial charge in [0.05, 0.1) is 51.9 Å². The second kappa shape index (κ2) is 12.7. The Balaban J connectivity index is 1.97. The highest BCUT2D eigenvalue weighted by molar-refractivity contribution is 9.10. The topological polar surface area (TPSA) is 118 Å². The number of amides is 2. The van der Waals surface area contributed by atoms with E-state index in [0.29, 0.717) is 17.9 Å². The first-order chi connectivity index (χ1) is 17.6. The fraction of sp³-hybridized carbons (Fsp3) is 0.280. The molecular weight excluding hydrogens is 605 g/mol. The summed E-state index contributed by atoms with van der Waals surface area (Å²) in [4.78, 5) is 38.3. The molecule has 2 aromatic rings. The fourth-order valence-electron chi connectivity index (χ4n) is 3.77. The SMILES string of the molecule is CCOc1c(Cl)cc([C@H]2C(C#N)=C(SCC(=O)Nc3ccc(C)cc3Br)NC(=O)[C@@H]2C(=O)OC)cc1Cl. The number of nitrogens with zero attached hydrogens (tertiary/aromatic N) is 1. The maximum atomic E-state index is 13.0. The monoisotopic (exact) mass is 625 g/mol. The minimum atomic E-state index is -1.37. The normalized spacial score (nSPS) is 17.1. The minimum Gasteiger partial charge on any atom is -0.491 e. The molecule has 0 radical (unpaired) electrons. The zero-order valence-electron chi connectivity index (χ0n) is 20.0. The highest BCUT2D eigenvalue weighted by Crippen LogP contribution is 2.44. The molecule has 0 saturated carbocycles. The molecule has 194 valence electrons. The Kier molecular flexibility index (Phi) is 9.90. The van der Waals surface area contributed by atoms with Gasteiger partial charge in [0.2, 0.25) is 11.8 Å². The molecule has 2 amide bonds. The number of carbonyl (C=O) groups excluding carboxylic acids is 3. The lowest BCUT2D eigenvalue weighted by atomic mass is 9.78. The Labute approximate surface area is 236 Å². The Morgan fingerprint density at radius 3 is 2.49 bits per heavy atom. The van der Waals surface area contributed by atoms with Crippen LogP contribution in [-0.4, -0.2) is 37.3 Å². The molecule has 2 atom stereocenters. The van der Waals surface area contributed by atoms with E-state index in [1.165, 1.54) is 12.1 Å².